The molecule has 2 heterocycles. The van der Waals surface area contributed by atoms with Crippen LogP contribution in [0.5, 0.6) is 0 Å². The molecule has 0 spiro atoms. The molecule has 0 radical (unpaired) electrons. The maximum Gasteiger partial charge on any atom is 0.344 e. The van der Waals surface area contributed by atoms with E-state index in [1.54, 1.807) is 30.3 Å². The van der Waals surface area contributed by atoms with E-state index in [-0.39, 0.29) is 47.6 Å². The lowest BCUT2D eigenvalue weighted by atomic mass is 10.0. The monoisotopic (exact) mass is 586 g/mol. The van der Waals surface area contributed by atoms with Gasteiger partial charge in [-0.1, -0.05) is 48.3 Å². The van der Waals surface area contributed by atoms with Crippen LogP contribution in [0.3, 0.4) is 0 Å². The minimum Gasteiger partial charge on any atom is -0.462 e. The maximum absolute atomic E-state index is 15.1. The van der Waals surface area contributed by atoms with Gasteiger partial charge in [-0.05, 0) is 55.5 Å². The van der Waals surface area contributed by atoms with Crippen molar-refractivity contribution in [1.82, 2.24) is 5.16 Å². The molecule has 3 aliphatic rings. The Bertz CT molecular complexity index is 1450. The first kappa shape index (κ1) is 27.1. The smallest absolute Gasteiger partial charge is 0.344 e. The summed E-state index contributed by atoms with van der Waals surface area (Å²) in [4.78, 5) is 27.8. The third kappa shape index (κ3) is 5.07. The molecule has 2 aromatic carbocycles. The molecule has 0 N–H and O–H groups in total. The maximum atomic E-state index is 15.1. The van der Waals surface area contributed by atoms with E-state index in [0.717, 1.165) is 19.3 Å². The molecule has 1 aliphatic heterocycles. The highest BCUT2D eigenvalue weighted by molar-refractivity contribution is 6.39. The van der Waals surface area contributed by atoms with E-state index in [1.807, 2.05) is 18.7 Å². The Balaban J connectivity index is 1.17. The summed E-state index contributed by atoms with van der Waals surface area (Å²) in [5, 5.41) is 4.93. The summed E-state index contributed by atoms with van der Waals surface area (Å²) in [6, 6.07) is 9.57. The van der Waals surface area contributed by atoms with Crippen molar-refractivity contribution in [2.75, 3.05) is 18.1 Å². The lowest BCUT2D eigenvalue weighted by Crippen LogP contribution is -2.40. The van der Waals surface area contributed by atoms with Gasteiger partial charge in [0, 0.05) is 36.4 Å². The number of benzene rings is 2. The van der Waals surface area contributed by atoms with Gasteiger partial charge < -0.3 is 18.9 Å². The quantitative estimate of drug-likeness (QED) is 0.256. The first-order chi connectivity index (χ1) is 19.2. The number of carbonyl (C=O) groups is 2. The van der Waals surface area contributed by atoms with Gasteiger partial charge in [-0.3, -0.25) is 0 Å². The zero-order valence-corrected chi connectivity index (χ0v) is 23.7. The van der Waals surface area contributed by atoms with Gasteiger partial charge in [0.05, 0.1) is 27.9 Å². The van der Waals surface area contributed by atoms with Crippen molar-refractivity contribution in [3.63, 3.8) is 0 Å². The van der Waals surface area contributed by atoms with Gasteiger partial charge in [0.2, 0.25) is 0 Å². The molecule has 3 fully saturated rings. The minimum atomic E-state index is -0.536. The van der Waals surface area contributed by atoms with E-state index in [9.17, 15) is 9.59 Å². The van der Waals surface area contributed by atoms with Gasteiger partial charge in [-0.25, -0.2) is 14.0 Å². The molecule has 10 heteroatoms. The van der Waals surface area contributed by atoms with Crippen molar-refractivity contribution in [2.45, 2.75) is 57.6 Å². The Morgan fingerprint density at radius 1 is 1.12 bits per heavy atom. The summed E-state index contributed by atoms with van der Waals surface area (Å²) < 4.78 is 32.0. The molecule has 40 heavy (non-hydrogen) atoms. The molecule has 3 aromatic rings. The number of halogens is 3. The number of hydrogen-bond donors (Lipinski definition) is 0. The highest BCUT2D eigenvalue weighted by Gasteiger charge is 2.48. The second kappa shape index (κ2) is 10.7. The van der Waals surface area contributed by atoms with Crippen molar-refractivity contribution < 1.29 is 28.0 Å². The number of nitrogens with zero attached hydrogens (tertiary/aromatic N) is 2. The van der Waals surface area contributed by atoms with E-state index >= 15 is 4.39 Å². The van der Waals surface area contributed by atoms with Crippen LogP contribution >= 0.6 is 23.2 Å². The van der Waals surface area contributed by atoms with Gasteiger partial charge in [0.15, 0.2) is 5.76 Å². The summed E-state index contributed by atoms with van der Waals surface area (Å²) in [7, 11) is 0. The van der Waals surface area contributed by atoms with Crippen LogP contribution in [0.15, 0.2) is 40.9 Å². The van der Waals surface area contributed by atoms with E-state index in [4.69, 9.17) is 37.2 Å². The van der Waals surface area contributed by atoms with Gasteiger partial charge in [0.1, 0.15) is 23.2 Å². The highest BCUT2D eigenvalue weighted by atomic mass is 35.5. The highest BCUT2D eigenvalue weighted by Crippen LogP contribution is 2.47. The number of anilines is 1. The fourth-order valence-corrected chi connectivity index (χ4v) is 6.33. The zero-order valence-electron chi connectivity index (χ0n) is 22.2. The molecule has 1 saturated heterocycles. The SMILES string of the molecule is CC(C)COC(=O)c1ccc(N2C[C@@H]3C[C@H]2C[C@H]3OC(=O)c2c(-c3c(Cl)cccc3Cl)noc2C2CC2)c(F)c1. The average Bonchev–Trinajstić information content (AvgIpc) is 3.36. The van der Waals surface area contributed by atoms with Crippen LogP contribution in [-0.4, -0.2) is 42.4 Å². The molecule has 0 unspecified atom stereocenters. The fourth-order valence-electron chi connectivity index (χ4n) is 5.75. The molecule has 6 rings (SSSR count). The minimum absolute atomic E-state index is 0.0129. The van der Waals surface area contributed by atoms with Gasteiger partial charge in [-0.2, -0.15) is 0 Å². The van der Waals surface area contributed by atoms with Crippen molar-refractivity contribution >= 4 is 40.8 Å². The number of ether oxygens (including phenoxy) is 2. The van der Waals surface area contributed by atoms with Crippen LogP contribution in [0.2, 0.25) is 10.0 Å². The van der Waals surface area contributed by atoms with Gasteiger partial charge in [-0.15, -0.1) is 0 Å². The predicted molar refractivity (Wildman–Crippen MR) is 149 cm³/mol. The summed E-state index contributed by atoms with van der Waals surface area (Å²) >= 11 is 12.9. The Labute approximate surface area is 241 Å². The number of hydrogen-bond acceptors (Lipinski definition) is 7. The molecule has 0 amide bonds. The molecular weight excluding hydrogens is 558 g/mol. The van der Waals surface area contributed by atoms with Gasteiger partial charge >= 0.3 is 11.9 Å². The average molecular weight is 587 g/mol. The molecule has 7 nitrogen and oxygen atoms in total. The van der Waals surface area contributed by atoms with Crippen molar-refractivity contribution in [3.05, 3.63) is 69.1 Å². The molecule has 3 atom stereocenters. The van der Waals surface area contributed by atoms with Crippen LogP contribution in [0.25, 0.3) is 11.3 Å². The van der Waals surface area contributed by atoms with E-state index in [0.29, 0.717) is 45.7 Å². The normalized spacial score (nSPS) is 21.8. The lowest BCUT2D eigenvalue weighted by Gasteiger charge is -2.33. The fraction of sp³-hybridized carbons (Fsp3) is 0.433. The summed E-state index contributed by atoms with van der Waals surface area (Å²) in [5.41, 5.74) is 1.64. The summed E-state index contributed by atoms with van der Waals surface area (Å²) in [6.45, 7) is 4.70. The molecular formula is C30H29Cl2FN2O5. The molecule has 210 valence electrons. The van der Waals surface area contributed by atoms with E-state index in [1.165, 1.54) is 6.07 Å². The van der Waals surface area contributed by atoms with Crippen LogP contribution in [0, 0.1) is 17.7 Å². The molecule has 2 saturated carbocycles. The van der Waals surface area contributed by atoms with Gasteiger partial charge in [0.25, 0.3) is 0 Å². The Kier molecular flexibility index (Phi) is 7.25. The summed E-state index contributed by atoms with van der Waals surface area (Å²) in [5.74, 6) is -0.648. The topological polar surface area (TPSA) is 81.9 Å². The van der Waals surface area contributed by atoms with Crippen molar-refractivity contribution in [2.24, 2.45) is 11.8 Å². The van der Waals surface area contributed by atoms with E-state index < -0.39 is 17.8 Å². The standard InChI is InChI=1S/C30H29Cl2FN2O5/c1-15(2)14-38-29(36)17-8-9-23(22(33)11-17)35-13-18-10-19(35)12-24(18)39-30(37)26-27(34-40-28(26)16-6-7-16)25-20(31)4-3-5-21(25)32/h3-5,8-9,11,15-16,18-19,24H,6-7,10,12-14H2,1-2H3/t18-,19-,24+/m0/s1. The van der Waals surface area contributed by atoms with Crippen LogP contribution in [-0.2, 0) is 9.47 Å². The Hall–Kier alpha value is -3.10. The predicted octanol–water partition coefficient (Wildman–Crippen LogP) is 7.30. The summed E-state index contributed by atoms with van der Waals surface area (Å²) in [6.07, 6.45) is 2.85. The zero-order chi connectivity index (χ0) is 28.1. The Morgan fingerprint density at radius 3 is 2.50 bits per heavy atom. The van der Waals surface area contributed by atoms with Crippen LogP contribution < -0.4 is 4.90 Å². The number of carbonyl (C=O) groups excluding carboxylic acids is 2. The Morgan fingerprint density at radius 2 is 1.88 bits per heavy atom. The third-order valence-electron chi connectivity index (χ3n) is 7.85. The van der Waals surface area contributed by atoms with Crippen LogP contribution in [0.1, 0.15) is 71.9 Å². The number of fused-ring (bicyclic) bond motifs is 2. The first-order valence-corrected chi connectivity index (χ1v) is 14.3. The largest absolute Gasteiger partial charge is 0.462 e. The number of piperidine rings is 1. The first-order valence-electron chi connectivity index (χ1n) is 13.6. The molecule has 2 bridgehead atoms. The molecule has 1 aromatic heterocycles. The second-order valence-electron chi connectivity index (χ2n) is 11.3. The van der Waals surface area contributed by atoms with Crippen LogP contribution in [0.4, 0.5) is 10.1 Å². The lowest BCUT2D eigenvalue weighted by molar-refractivity contribution is 0.0191. The number of aromatic nitrogens is 1. The van der Waals surface area contributed by atoms with Crippen molar-refractivity contribution in [3.8, 4) is 11.3 Å². The molecule has 2 aliphatic carbocycles. The second-order valence-corrected chi connectivity index (χ2v) is 12.1. The number of esters is 2. The van der Waals surface area contributed by atoms with E-state index in [2.05, 4.69) is 5.16 Å². The number of rotatable bonds is 8. The van der Waals surface area contributed by atoms with Crippen molar-refractivity contribution in [1.29, 1.82) is 0 Å². The third-order valence-corrected chi connectivity index (χ3v) is 8.48.